The van der Waals surface area contributed by atoms with Gasteiger partial charge in [0.05, 0.1) is 17.6 Å². The second-order valence-electron chi connectivity index (χ2n) is 2.90. The molecule has 1 fully saturated rings. The second kappa shape index (κ2) is 4.18. The summed E-state index contributed by atoms with van der Waals surface area (Å²) in [6, 6.07) is 0. The van der Waals surface area contributed by atoms with Crippen LogP contribution in [-0.4, -0.2) is 39.3 Å². The molecule has 1 atom stereocenters. The molecular weight excluding hydrogens is 183 g/mol. The Morgan fingerprint density at radius 2 is 2.25 bits per heavy atom. The maximum Gasteiger partial charge on any atom is 0.157 e. The largest absolute Gasteiger partial charge is 0.380 e. The van der Waals surface area contributed by atoms with Crippen LogP contribution >= 0.6 is 0 Å². The molecule has 0 N–H and O–H groups in total. The average molecular weight is 196 g/mol. The highest BCUT2D eigenvalue weighted by molar-refractivity contribution is 7.92. The van der Waals surface area contributed by atoms with E-state index < -0.39 is 21.8 Å². The van der Waals surface area contributed by atoms with Gasteiger partial charge in [0.25, 0.3) is 0 Å². The molecule has 1 aliphatic rings. The normalized spacial score (nSPS) is 25.6. The summed E-state index contributed by atoms with van der Waals surface area (Å²) in [5.74, 6) is -0.360. The number of rotatable bonds is 3. The van der Waals surface area contributed by atoms with Crippen LogP contribution in [-0.2, 0) is 14.6 Å². The Labute approximate surface area is 71.8 Å². The molecule has 1 heterocycles. The summed E-state index contributed by atoms with van der Waals surface area (Å²) in [5, 5.41) is -0.470. The molecule has 1 aliphatic heterocycles. The van der Waals surface area contributed by atoms with Gasteiger partial charge in [0.1, 0.15) is 6.67 Å². The fourth-order valence-electron chi connectivity index (χ4n) is 1.27. The van der Waals surface area contributed by atoms with Gasteiger partial charge in [-0.15, -0.1) is 0 Å². The van der Waals surface area contributed by atoms with Gasteiger partial charge in [-0.05, 0) is 12.8 Å². The predicted molar refractivity (Wildman–Crippen MR) is 43.6 cm³/mol. The zero-order chi connectivity index (χ0) is 9.03. The summed E-state index contributed by atoms with van der Waals surface area (Å²) >= 11 is 0. The lowest BCUT2D eigenvalue weighted by atomic mass is 10.2. The van der Waals surface area contributed by atoms with E-state index in [4.69, 9.17) is 4.74 Å². The minimum Gasteiger partial charge on any atom is -0.380 e. The van der Waals surface area contributed by atoms with E-state index in [-0.39, 0.29) is 12.4 Å². The van der Waals surface area contributed by atoms with Gasteiger partial charge >= 0.3 is 0 Å². The SMILES string of the molecule is O=S(=O)(CCF)C1CCCOC1. The maximum atomic E-state index is 11.8. The minimum atomic E-state index is -3.23. The van der Waals surface area contributed by atoms with Crippen LogP contribution in [0.4, 0.5) is 4.39 Å². The molecule has 3 nitrogen and oxygen atoms in total. The van der Waals surface area contributed by atoms with Crippen LogP contribution in [0.1, 0.15) is 12.8 Å². The monoisotopic (exact) mass is 196 g/mol. The summed E-state index contributed by atoms with van der Waals surface area (Å²) < 4.78 is 39.4. The maximum absolute atomic E-state index is 11.8. The van der Waals surface area contributed by atoms with Crippen LogP contribution in [0.5, 0.6) is 0 Å². The Morgan fingerprint density at radius 1 is 1.50 bits per heavy atom. The van der Waals surface area contributed by atoms with Crippen molar-refractivity contribution in [1.82, 2.24) is 0 Å². The fourth-order valence-corrected chi connectivity index (χ4v) is 2.65. The van der Waals surface area contributed by atoms with Gasteiger partial charge in [-0.1, -0.05) is 0 Å². The third-order valence-electron chi connectivity index (χ3n) is 1.99. The van der Waals surface area contributed by atoms with Crippen LogP contribution in [0.25, 0.3) is 0 Å². The van der Waals surface area contributed by atoms with Crippen molar-refractivity contribution in [2.45, 2.75) is 18.1 Å². The van der Waals surface area contributed by atoms with E-state index in [2.05, 4.69) is 0 Å². The highest BCUT2D eigenvalue weighted by atomic mass is 32.2. The van der Waals surface area contributed by atoms with Crippen LogP contribution in [0, 0.1) is 0 Å². The van der Waals surface area contributed by atoms with Crippen LogP contribution in [0.2, 0.25) is 0 Å². The van der Waals surface area contributed by atoms with Crippen LogP contribution in [0.15, 0.2) is 0 Å². The summed E-state index contributed by atoms with van der Waals surface area (Å²) in [4.78, 5) is 0. The van der Waals surface area contributed by atoms with Crippen molar-refractivity contribution in [2.24, 2.45) is 0 Å². The molecule has 0 bridgehead atoms. The molecule has 1 rings (SSSR count). The molecule has 0 amide bonds. The van der Waals surface area contributed by atoms with Crippen LogP contribution in [0.3, 0.4) is 0 Å². The van der Waals surface area contributed by atoms with Crippen molar-refractivity contribution < 1.29 is 17.5 Å². The fraction of sp³-hybridized carbons (Fsp3) is 1.00. The third-order valence-corrected chi connectivity index (χ3v) is 4.10. The first-order chi connectivity index (χ1) is 5.67. The van der Waals surface area contributed by atoms with Gasteiger partial charge in [0.2, 0.25) is 0 Å². The molecule has 0 radical (unpaired) electrons. The topological polar surface area (TPSA) is 43.4 Å². The molecule has 0 aromatic heterocycles. The lowest BCUT2D eigenvalue weighted by molar-refractivity contribution is 0.0991. The highest BCUT2D eigenvalue weighted by Gasteiger charge is 2.27. The van der Waals surface area contributed by atoms with Crippen LogP contribution < -0.4 is 0 Å². The van der Waals surface area contributed by atoms with Gasteiger partial charge in [0.15, 0.2) is 9.84 Å². The van der Waals surface area contributed by atoms with Crippen molar-refractivity contribution >= 4 is 9.84 Å². The van der Waals surface area contributed by atoms with E-state index in [1.54, 1.807) is 0 Å². The number of ether oxygens (including phenoxy) is 1. The predicted octanol–water partition coefficient (Wildman–Crippen LogP) is 0.550. The van der Waals surface area contributed by atoms with Crippen molar-refractivity contribution in [3.8, 4) is 0 Å². The van der Waals surface area contributed by atoms with E-state index in [1.165, 1.54) is 0 Å². The van der Waals surface area contributed by atoms with Gasteiger partial charge in [-0.2, -0.15) is 0 Å². The highest BCUT2D eigenvalue weighted by Crippen LogP contribution is 2.15. The standard InChI is InChI=1S/C7H13FO3S/c8-3-5-12(9,10)7-2-1-4-11-6-7/h7H,1-6H2. The smallest absolute Gasteiger partial charge is 0.157 e. The van der Waals surface area contributed by atoms with E-state index in [9.17, 15) is 12.8 Å². The lowest BCUT2D eigenvalue weighted by Gasteiger charge is -2.21. The van der Waals surface area contributed by atoms with E-state index >= 15 is 0 Å². The Kier molecular flexibility index (Phi) is 3.46. The molecule has 0 saturated carbocycles. The van der Waals surface area contributed by atoms with E-state index in [0.29, 0.717) is 13.0 Å². The first-order valence-corrected chi connectivity index (χ1v) is 5.73. The molecular formula is C7H13FO3S. The molecule has 5 heteroatoms. The van der Waals surface area contributed by atoms with Gasteiger partial charge in [-0.25, -0.2) is 12.8 Å². The first kappa shape index (κ1) is 9.92. The average Bonchev–Trinajstić information content (AvgIpc) is 2.06. The number of sulfone groups is 1. The quantitative estimate of drug-likeness (QED) is 0.662. The Bertz CT molecular complexity index is 219. The lowest BCUT2D eigenvalue weighted by Crippen LogP contribution is -2.33. The Balaban J connectivity index is 2.54. The number of hydrogen-bond acceptors (Lipinski definition) is 3. The van der Waals surface area contributed by atoms with Crippen molar-refractivity contribution in [3.05, 3.63) is 0 Å². The number of halogens is 1. The third kappa shape index (κ3) is 2.42. The van der Waals surface area contributed by atoms with Gasteiger partial charge < -0.3 is 4.74 Å². The molecule has 0 aromatic carbocycles. The van der Waals surface area contributed by atoms with Crippen molar-refractivity contribution in [2.75, 3.05) is 25.6 Å². The molecule has 1 saturated heterocycles. The molecule has 72 valence electrons. The van der Waals surface area contributed by atoms with Gasteiger partial charge in [-0.3, -0.25) is 0 Å². The van der Waals surface area contributed by atoms with Crippen molar-refractivity contribution in [3.63, 3.8) is 0 Å². The van der Waals surface area contributed by atoms with Gasteiger partial charge in [0, 0.05) is 6.61 Å². The molecule has 0 spiro atoms. The molecule has 1 unspecified atom stereocenters. The molecule has 0 aromatic rings. The Morgan fingerprint density at radius 3 is 2.75 bits per heavy atom. The second-order valence-corrected chi connectivity index (χ2v) is 5.30. The number of hydrogen-bond donors (Lipinski definition) is 0. The minimum absolute atomic E-state index is 0.238. The first-order valence-electron chi connectivity index (χ1n) is 4.02. The van der Waals surface area contributed by atoms with E-state index in [1.807, 2.05) is 0 Å². The molecule has 12 heavy (non-hydrogen) atoms. The molecule has 0 aliphatic carbocycles. The number of alkyl halides is 1. The Hall–Kier alpha value is -0.160. The summed E-state index contributed by atoms with van der Waals surface area (Å²) in [6.07, 6.45) is 1.37. The van der Waals surface area contributed by atoms with Crippen molar-refractivity contribution in [1.29, 1.82) is 0 Å². The summed E-state index contributed by atoms with van der Waals surface area (Å²) in [6.45, 7) is 0.0722. The van der Waals surface area contributed by atoms with E-state index in [0.717, 1.165) is 6.42 Å². The summed E-state index contributed by atoms with van der Waals surface area (Å²) in [7, 11) is -3.23. The zero-order valence-corrected chi connectivity index (χ0v) is 7.65. The zero-order valence-electron chi connectivity index (χ0n) is 6.83. The summed E-state index contributed by atoms with van der Waals surface area (Å²) in [5.41, 5.74) is 0.